The molecule has 0 aromatic carbocycles. The van der Waals surface area contributed by atoms with Crippen LogP contribution in [0.15, 0.2) is 18.2 Å². The zero-order chi connectivity index (χ0) is 23.4. The molecule has 1 aliphatic heterocycles. The van der Waals surface area contributed by atoms with Crippen molar-refractivity contribution in [2.45, 2.75) is 71.0 Å². The zero-order valence-electron chi connectivity index (χ0n) is 19.5. The predicted molar refractivity (Wildman–Crippen MR) is 120 cm³/mol. The van der Waals surface area contributed by atoms with Gasteiger partial charge < -0.3 is 5.73 Å². The van der Waals surface area contributed by atoms with Crippen LogP contribution in [-0.2, 0) is 17.5 Å². The third-order valence-electron chi connectivity index (χ3n) is 9.66. The van der Waals surface area contributed by atoms with Crippen LogP contribution < -0.4 is 5.73 Å². The minimum atomic E-state index is -4.43. The monoisotopic (exact) mass is 463 g/mol. The van der Waals surface area contributed by atoms with Gasteiger partial charge in [-0.2, -0.15) is 13.2 Å². The highest BCUT2D eigenvalue weighted by atomic mass is 19.4. The fourth-order valence-corrected chi connectivity index (χ4v) is 8.66. The van der Waals surface area contributed by atoms with Crippen LogP contribution in [0.2, 0.25) is 0 Å². The molecule has 33 heavy (non-hydrogen) atoms. The van der Waals surface area contributed by atoms with Crippen LogP contribution in [0.4, 0.5) is 13.2 Å². The Balaban J connectivity index is 1.30. The molecule has 4 saturated carbocycles. The normalized spacial score (nSPS) is 34.4. The molecule has 2 N–H and O–H groups in total. The first-order chi connectivity index (χ1) is 15.7. The average Bonchev–Trinajstić information content (AvgIpc) is 2.76. The van der Waals surface area contributed by atoms with Gasteiger partial charge in [0.1, 0.15) is 5.69 Å². The molecule has 1 aromatic heterocycles. The second kappa shape index (κ2) is 8.54. The van der Waals surface area contributed by atoms with Crippen molar-refractivity contribution >= 4 is 5.91 Å². The second-order valence-corrected chi connectivity index (χ2v) is 11.3. The molecule has 4 nitrogen and oxygen atoms in total. The molecule has 5 aliphatic rings. The zero-order valence-corrected chi connectivity index (χ0v) is 19.5. The number of alkyl halides is 3. The maximum Gasteiger partial charge on any atom is 0.433 e. The van der Waals surface area contributed by atoms with Crippen LogP contribution in [0, 0.1) is 40.9 Å². The van der Waals surface area contributed by atoms with E-state index < -0.39 is 17.3 Å². The number of amides is 1. The number of hydrogen-bond donors (Lipinski definition) is 1. The van der Waals surface area contributed by atoms with Crippen LogP contribution >= 0.6 is 0 Å². The van der Waals surface area contributed by atoms with Gasteiger partial charge >= 0.3 is 6.18 Å². The molecular weight excluding hydrogens is 427 g/mol. The van der Waals surface area contributed by atoms with E-state index in [-0.39, 0.29) is 11.8 Å². The highest BCUT2D eigenvalue weighted by molar-refractivity contribution is 5.81. The summed E-state index contributed by atoms with van der Waals surface area (Å²) in [6.07, 6.45) is 4.59. The molecule has 6 rings (SSSR count). The summed E-state index contributed by atoms with van der Waals surface area (Å²) in [5.41, 5.74) is 5.41. The average molecular weight is 464 g/mol. The van der Waals surface area contributed by atoms with Crippen LogP contribution in [0.25, 0.3) is 0 Å². The van der Waals surface area contributed by atoms with E-state index >= 15 is 0 Å². The largest absolute Gasteiger partial charge is 0.433 e. The number of primary amides is 1. The number of nitrogens with zero attached hydrogens (tertiary/aromatic N) is 2. The number of nitrogens with two attached hydrogens (primary N) is 1. The Morgan fingerprint density at radius 1 is 1.06 bits per heavy atom. The molecular formula is C26H36F3N3O. The van der Waals surface area contributed by atoms with Gasteiger partial charge in [0.2, 0.25) is 5.91 Å². The van der Waals surface area contributed by atoms with Gasteiger partial charge in [-0.3, -0.25) is 9.69 Å². The molecule has 2 heterocycles. The number of rotatable bonds is 6. The summed E-state index contributed by atoms with van der Waals surface area (Å²) in [6, 6.07) is 4.11. The summed E-state index contributed by atoms with van der Waals surface area (Å²) in [7, 11) is 0. The Hall–Kier alpha value is -1.63. The number of piperidine rings is 1. The first kappa shape index (κ1) is 23.1. The van der Waals surface area contributed by atoms with Gasteiger partial charge in [-0.25, -0.2) is 4.98 Å². The molecule has 4 bridgehead atoms. The van der Waals surface area contributed by atoms with Crippen molar-refractivity contribution in [3.63, 3.8) is 0 Å². The minimum Gasteiger partial charge on any atom is -0.369 e. The van der Waals surface area contributed by atoms with Gasteiger partial charge in [0.15, 0.2) is 0 Å². The van der Waals surface area contributed by atoms with E-state index in [0.29, 0.717) is 30.0 Å². The van der Waals surface area contributed by atoms with E-state index in [4.69, 9.17) is 5.73 Å². The summed E-state index contributed by atoms with van der Waals surface area (Å²) in [4.78, 5) is 19.2. The lowest BCUT2D eigenvalue weighted by atomic mass is 9.43. The van der Waals surface area contributed by atoms with E-state index in [2.05, 4.69) is 16.8 Å². The van der Waals surface area contributed by atoms with Gasteiger partial charge in [-0.1, -0.05) is 13.0 Å². The summed E-state index contributed by atoms with van der Waals surface area (Å²) < 4.78 is 39.1. The number of carbonyl (C=O) groups is 1. The van der Waals surface area contributed by atoms with Crippen molar-refractivity contribution in [3.8, 4) is 0 Å². The van der Waals surface area contributed by atoms with Crippen molar-refractivity contribution in [3.05, 3.63) is 29.6 Å². The molecule has 1 saturated heterocycles. The molecule has 0 radical (unpaired) electrons. The van der Waals surface area contributed by atoms with Crippen LogP contribution in [-0.4, -0.2) is 28.9 Å². The third-order valence-corrected chi connectivity index (χ3v) is 9.66. The summed E-state index contributed by atoms with van der Waals surface area (Å²) in [6.45, 7) is 4.09. The first-order valence-electron chi connectivity index (χ1n) is 12.8. The Morgan fingerprint density at radius 2 is 1.67 bits per heavy atom. The summed E-state index contributed by atoms with van der Waals surface area (Å²) >= 11 is 0. The Labute approximate surface area is 194 Å². The summed E-state index contributed by atoms with van der Waals surface area (Å²) in [5, 5.41) is 0. The summed E-state index contributed by atoms with van der Waals surface area (Å²) in [5.74, 6) is 3.55. The number of likely N-dealkylation sites (tertiary alicyclic amines) is 1. The van der Waals surface area contributed by atoms with Crippen molar-refractivity contribution in [2.75, 3.05) is 13.1 Å². The lowest BCUT2D eigenvalue weighted by molar-refractivity contribution is -0.159. The molecule has 5 fully saturated rings. The van der Waals surface area contributed by atoms with E-state index in [1.54, 1.807) is 6.07 Å². The minimum absolute atomic E-state index is 0.111. The number of hydrogen-bond acceptors (Lipinski definition) is 3. The van der Waals surface area contributed by atoms with Gasteiger partial charge in [0.25, 0.3) is 0 Å². The molecule has 4 aliphatic carbocycles. The number of pyridine rings is 1. The smallest absolute Gasteiger partial charge is 0.369 e. The molecule has 7 heteroatoms. The van der Waals surface area contributed by atoms with E-state index in [9.17, 15) is 18.0 Å². The number of aromatic nitrogens is 1. The third kappa shape index (κ3) is 4.08. The van der Waals surface area contributed by atoms with Gasteiger partial charge in [0, 0.05) is 6.54 Å². The quantitative estimate of drug-likeness (QED) is 0.626. The maximum absolute atomic E-state index is 13.2. The molecule has 0 spiro atoms. The second-order valence-electron chi connectivity index (χ2n) is 11.3. The highest BCUT2D eigenvalue weighted by Crippen LogP contribution is 2.63. The molecule has 1 amide bonds. The lowest BCUT2D eigenvalue weighted by Gasteiger charge is -2.61. The van der Waals surface area contributed by atoms with E-state index in [1.165, 1.54) is 38.2 Å². The highest BCUT2D eigenvalue weighted by Gasteiger charge is 2.59. The Morgan fingerprint density at radius 3 is 2.18 bits per heavy atom. The number of carbonyl (C=O) groups excluding carboxylic acids is 1. The fraction of sp³-hybridized carbons (Fsp3) is 0.769. The molecule has 182 valence electrons. The van der Waals surface area contributed by atoms with Crippen molar-refractivity contribution < 1.29 is 18.0 Å². The molecule has 1 unspecified atom stereocenters. The topological polar surface area (TPSA) is 59.2 Å². The lowest BCUT2D eigenvalue weighted by Crippen LogP contribution is -2.59. The van der Waals surface area contributed by atoms with Crippen LogP contribution in [0.1, 0.15) is 69.7 Å². The Kier molecular flexibility index (Phi) is 5.99. The van der Waals surface area contributed by atoms with Gasteiger partial charge in [-0.15, -0.1) is 0 Å². The van der Waals surface area contributed by atoms with Crippen LogP contribution in [0.5, 0.6) is 0 Å². The fourth-order valence-electron chi connectivity index (χ4n) is 8.66. The van der Waals surface area contributed by atoms with Crippen LogP contribution in [0.3, 0.4) is 0 Å². The van der Waals surface area contributed by atoms with Gasteiger partial charge in [0.05, 0.1) is 11.1 Å². The first-order valence-corrected chi connectivity index (χ1v) is 12.8. The molecule has 1 atom stereocenters. The van der Waals surface area contributed by atoms with Gasteiger partial charge in [-0.05, 0) is 112 Å². The Bertz CT molecular complexity index is 852. The SMILES string of the molecule is CCC(C(N)=O)(C1CCN(Cc2cccc(C(F)(F)F)n2)CC1)C1C2CC3CC(C2)CC1C3. The van der Waals surface area contributed by atoms with Crippen molar-refractivity contribution in [2.24, 2.45) is 46.7 Å². The van der Waals surface area contributed by atoms with Crippen molar-refractivity contribution in [1.82, 2.24) is 9.88 Å². The number of halogens is 3. The van der Waals surface area contributed by atoms with Crippen molar-refractivity contribution in [1.29, 1.82) is 0 Å². The predicted octanol–water partition coefficient (Wildman–Crippen LogP) is 5.27. The maximum atomic E-state index is 13.2. The molecule has 1 aromatic rings. The van der Waals surface area contributed by atoms with E-state index in [0.717, 1.165) is 50.3 Å². The van der Waals surface area contributed by atoms with E-state index in [1.807, 2.05) is 0 Å². The standard InChI is InChI=1S/C26H36F3N3O/c1-2-25(24(30)33,23-18-11-16-10-17(13-18)14-19(23)12-16)20-6-8-32(9-7-20)15-21-4-3-5-22(31-21)26(27,28)29/h3-5,16-20,23H,2,6-15H2,1H3,(H2,30,33).